The van der Waals surface area contributed by atoms with Crippen LogP contribution >= 0.6 is 23.2 Å². The Kier molecular flexibility index (Phi) is 6.27. The van der Waals surface area contributed by atoms with Gasteiger partial charge in [0, 0.05) is 17.3 Å². The highest BCUT2D eigenvalue weighted by molar-refractivity contribution is 6.45. The molecule has 0 bridgehead atoms. The van der Waals surface area contributed by atoms with Gasteiger partial charge >= 0.3 is 5.97 Å². The summed E-state index contributed by atoms with van der Waals surface area (Å²) >= 11 is 12.4. The summed E-state index contributed by atoms with van der Waals surface area (Å²) in [5, 5.41) is 4.68. The van der Waals surface area contributed by atoms with Gasteiger partial charge in [0.15, 0.2) is 0 Å². The van der Waals surface area contributed by atoms with E-state index in [4.69, 9.17) is 32.7 Å². The molecule has 28 heavy (non-hydrogen) atoms. The van der Waals surface area contributed by atoms with Crippen LogP contribution in [0.4, 0.5) is 11.4 Å². The Balaban J connectivity index is 2.07. The molecule has 0 fully saturated rings. The number of esters is 1. The number of rotatable bonds is 6. The lowest BCUT2D eigenvalue weighted by Crippen LogP contribution is -2.09. The van der Waals surface area contributed by atoms with Gasteiger partial charge in [-0.2, -0.15) is 0 Å². The van der Waals surface area contributed by atoms with Crippen molar-refractivity contribution in [2.24, 2.45) is 0 Å². The number of anilines is 2. The molecule has 1 heterocycles. The molecule has 0 amide bonds. The number of hydrogen-bond acceptors (Lipinski definition) is 5. The van der Waals surface area contributed by atoms with E-state index in [-0.39, 0.29) is 12.7 Å². The maximum absolute atomic E-state index is 12.4. The van der Waals surface area contributed by atoms with Gasteiger partial charge in [-0.1, -0.05) is 23.2 Å². The SMILES string of the molecule is CCOC(=O)c1cnc2c(Cl)c(Cl)ccc2c1Nc1ccc(OC(C)C)cc1. The molecule has 0 aliphatic rings. The summed E-state index contributed by atoms with van der Waals surface area (Å²) in [6, 6.07) is 10.9. The van der Waals surface area contributed by atoms with Crippen molar-refractivity contribution in [3.8, 4) is 5.75 Å². The van der Waals surface area contributed by atoms with Crippen LogP contribution < -0.4 is 10.1 Å². The Morgan fingerprint density at radius 3 is 2.50 bits per heavy atom. The van der Waals surface area contributed by atoms with Gasteiger partial charge in [-0.05, 0) is 57.2 Å². The summed E-state index contributed by atoms with van der Waals surface area (Å²) in [5.41, 5.74) is 2.15. The minimum atomic E-state index is -0.467. The van der Waals surface area contributed by atoms with Crippen LogP contribution in [0.15, 0.2) is 42.6 Å². The third-order valence-electron chi connectivity index (χ3n) is 3.92. The van der Waals surface area contributed by atoms with Crippen LogP contribution in [0.1, 0.15) is 31.1 Å². The first-order valence-corrected chi connectivity index (χ1v) is 9.63. The normalized spacial score (nSPS) is 10.9. The fraction of sp³-hybridized carbons (Fsp3) is 0.238. The maximum Gasteiger partial charge on any atom is 0.341 e. The number of carbonyl (C=O) groups excluding carboxylic acids is 1. The van der Waals surface area contributed by atoms with Crippen LogP contribution in [-0.2, 0) is 4.74 Å². The monoisotopic (exact) mass is 418 g/mol. The van der Waals surface area contributed by atoms with Gasteiger partial charge in [0.05, 0.1) is 34.0 Å². The summed E-state index contributed by atoms with van der Waals surface area (Å²) < 4.78 is 10.8. The first-order valence-electron chi connectivity index (χ1n) is 8.88. The highest BCUT2D eigenvalue weighted by atomic mass is 35.5. The number of aromatic nitrogens is 1. The largest absolute Gasteiger partial charge is 0.491 e. The molecule has 0 aliphatic heterocycles. The second-order valence-electron chi connectivity index (χ2n) is 6.34. The molecule has 0 saturated heterocycles. The van der Waals surface area contributed by atoms with Crippen LogP contribution in [0, 0.1) is 0 Å². The molecular weight excluding hydrogens is 399 g/mol. The number of fused-ring (bicyclic) bond motifs is 1. The van der Waals surface area contributed by atoms with Gasteiger partial charge in [-0.25, -0.2) is 4.79 Å². The number of nitrogens with one attached hydrogen (secondary N) is 1. The molecule has 1 N–H and O–H groups in total. The zero-order valence-corrected chi connectivity index (χ0v) is 17.3. The molecule has 0 atom stereocenters. The summed E-state index contributed by atoms with van der Waals surface area (Å²) in [7, 11) is 0. The lowest BCUT2D eigenvalue weighted by atomic mass is 10.1. The lowest BCUT2D eigenvalue weighted by Gasteiger charge is -2.16. The molecule has 5 nitrogen and oxygen atoms in total. The molecule has 3 aromatic rings. The number of benzene rings is 2. The predicted molar refractivity (Wildman–Crippen MR) is 113 cm³/mol. The molecule has 7 heteroatoms. The number of carbonyl (C=O) groups is 1. The van der Waals surface area contributed by atoms with Crippen molar-refractivity contribution in [2.45, 2.75) is 26.9 Å². The molecule has 146 valence electrons. The standard InChI is InChI=1S/C21H20Cl2N2O3/c1-4-27-21(26)16-11-24-20-15(9-10-17(22)18(20)23)19(16)25-13-5-7-14(8-6-13)28-12(2)3/h5-12H,4H2,1-3H3,(H,24,25). The Labute approximate surface area is 173 Å². The number of pyridine rings is 1. The second-order valence-corrected chi connectivity index (χ2v) is 7.13. The zero-order valence-electron chi connectivity index (χ0n) is 15.8. The third kappa shape index (κ3) is 4.32. The van der Waals surface area contributed by atoms with Gasteiger partial charge in [-0.3, -0.25) is 4.98 Å². The van der Waals surface area contributed by atoms with E-state index in [0.717, 1.165) is 11.4 Å². The van der Waals surface area contributed by atoms with E-state index in [1.54, 1.807) is 19.1 Å². The number of halogens is 2. The zero-order chi connectivity index (χ0) is 20.3. The van der Waals surface area contributed by atoms with Crippen molar-refractivity contribution >= 4 is 51.4 Å². The Morgan fingerprint density at radius 1 is 1.14 bits per heavy atom. The van der Waals surface area contributed by atoms with Crippen molar-refractivity contribution in [2.75, 3.05) is 11.9 Å². The first-order chi connectivity index (χ1) is 13.4. The Morgan fingerprint density at radius 2 is 1.86 bits per heavy atom. The van der Waals surface area contributed by atoms with Crippen molar-refractivity contribution < 1.29 is 14.3 Å². The third-order valence-corrected chi connectivity index (χ3v) is 4.72. The molecular formula is C21H20Cl2N2O3. The Bertz CT molecular complexity index is 1000. The van der Waals surface area contributed by atoms with Crippen molar-refractivity contribution in [3.05, 3.63) is 58.2 Å². The highest BCUT2D eigenvalue weighted by Gasteiger charge is 2.19. The van der Waals surface area contributed by atoms with Gasteiger partial charge in [-0.15, -0.1) is 0 Å². The smallest absolute Gasteiger partial charge is 0.341 e. The average molecular weight is 419 g/mol. The predicted octanol–water partition coefficient (Wildman–Crippen LogP) is 6.25. The van der Waals surface area contributed by atoms with Crippen LogP contribution in [-0.4, -0.2) is 23.7 Å². The van der Waals surface area contributed by atoms with Gasteiger partial charge in [0.1, 0.15) is 11.3 Å². The molecule has 0 saturated carbocycles. The van der Waals surface area contributed by atoms with Crippen LogP contribution in [0.25, 0.3) is 10.9 Å². The summed E-state index contributed by atoms with van der Waals surface area (Å²) in [6.07, 6.45) is 1.53. The average Bonchev–Trinajstić information content (AvgIpc) is 2.66. The molecule has 3 rings (SSSR count). The van der Waals surface area contributed by atoms with E-state index in [2.05, 4.69) is 10.3 Å². The Hall–Kier alpha value is -2.50. The number of hydrogen-bond donors (Lipinski definition) is 1. The summed E-state index contributed by atoms with van der Waals surface area (Å²) in [4.78, 5) is 16.8. The molecule has 0 aliphatic carbocycles. The maximum atomic E-state index is 12.4. The minimum Gasteiger partial charge on any atom is -0.491 e. The highest BCUT2D eigenvalue weighted by Crippen LogP contribution is 2.36. The quantitative estimate of drug-likeness (QED) is 0.479. The molecule has 0 radical (unpaired) electrons. The van der Waals surface area contributed by atoms with E-state index in [0.29, 0.717) is 32.2 Å². The fourth-order valence-electron chi connectivity index (χ4n) is 2.74. The van der Waals surface area contributed by atoms with Crippen LogP contribution in [0.3, 0.4) is 0 Å². The number of ether oxygens (including phenoxy) is 2. The minimum absolute atomic E-state index is 0.0882. The molecule has 0 unspecified atom stereocenters. The van der Waals surface area contributed by atoms with Crippen LogP contribution in [0.5, 0.6) is 5.75 Å². The molecule has 2 aromatic carbocycles. The van der Waals surface area contributed by atoms with E-state index >= 15 is 0 Å². The number of nitrogens with zero attached hydrogens (tertiary/aromatic N) is 1. The van der Waals surface area contributed by atoms with Crippen molar-refractivity contribution in [1.29, 1.82) is 0 Å². The fourth-order valence-corrected chi connectivity index (χ4v) is 3.10. The molecule has 1 aromatic heterocycles. The van der Waals surface area contributed by atoms with E-state index in [1.807, 2.05) is 38.1 Å². The van der Waals surface area contributed by atoms with Crippen molar-refractivity contribution in [1.82, 2.24) is 4.98 Å². The van der Waals surface area contributed by atoms with Gasteiger partial charge < -0.3 is 14.8 Å². The van der Waals surface area contributed by atoms with Gasteiger partial charge in [0.2, 0.25) is 0 Å². The topological polar surface area (TPSA) is 60.5 Å². The van der Waals surface area contributed by atoms with Crippen LogP contribution in [0.2, 0.25) is 10.0 Å². The van der Waals surface area contributed by atoms with Crippen molar-refractivity contribution in [3.63, 3.8) is 0 Å². The second kappa shape index (κ2) is 8.67. The lowest BCUT2D eigenvalue weighted by molar-refractivity contribution is 0.0527. The van der Waals surface area contributed by atoms with E-state index in [1.165, 1.54) is 6.20 Å². The summed E-state index contributed by atoms with van der Waals surface area (Å²) in [5.74, 6) is 0.297. The molecule has 0 spiro atoms. The summed E-state index contributed by atoms with van der Waals surface area (Å²) in [6.45, 7) is 5.95. The van der Waals surface area contributed by atoms with Gasteiger partial charge in [0.25, 0.3) is 0 Å². The van der Waals surface area contributed by atoms with E-state index < -0.39 is 5.97 Å². The van der Waals surface area contributed by atoms with E-state index in [9.17, 15) is 4.79 Å². The first kappa shape index (κ1) is 20.2.